The highest BCUT2D eigenvalue weighted by atomic mass is 32.2. The molecule has 0 radical (unpaired) electrons. The third kappa shape index (κ3) is 3.92. The maximum absolute atomic E-state index is 13.7. The predicted octanol–water partition coefficient (Wildman–Crippen LogP) is 6.30. The molecule has 6 rings (SSSR count). The van der Waals surface area contributed by atoms with Crippen molar-refractivity contribution in [3.63, 3.8) is 0 Å². The topological polar surface area (TPSA) is 76.3 Å². The van der Waals surface area contributed by atoms with E-state index in [1.165, 1.54) is 22.5 Å². The van der Waals surface area contributed by atoms with Gasteiger partial charge in [-0.05, 0) is 37.1 Å². The first-order chi connectivity index (χ1) is 17.5. The average Bonchev–Trinajstić information content (AvgIpc) is 3.47. The summed E-state index contributed by atoms with van der Waals surface area (Å²) in [7, 11) is 0. The minimum absolute atomic E-state index is 0.0633. The van der Waals surface area contributed by atoms with E-state index in [0.29, 0.717) is 21.7 Å². The van der Waals surface area contributed by atoms with Crippen LogP contribution in [0.2, 0.25) is 0 Å². The Morgan fingerprint density at radius 3 is 2.36 bits per heavy atom. The number of anilines is 1. The number of rotatable bonds is 5. The van der Waals surface area contributed by atoms with Crippen LogP contribution in [-0.2, 0) is 5.75 Å². The molecule has 36 heavy (non-hydrogen) atoms. The molecule has 0 saturated heterocycles. The summed E-state index contributed by atoms with van der Waals surface area (Å²) in [6, 6.07) is 22.6. The Morgan fingerprint density at radius 2 is 1.61 bits per heavy atom. The van der Waals surface area contributed by atoms with Gasteiger partial charge >= 0.3 is 0 Å². The van der Waals surface area contributed by atoms with Crippen molar-refractivity contribution in [2.75, 3.05) is 4.90 Å². The minimum atomic E-state index is -0.642. The van der Waals surface area contributed by atoms with Crippen molar-refractivity contribution in [1.29, 1.82) is 0 Å². The molecule has 0 saturated carbocycles. The van der Waals surface area contributed by atoms with Crippen LogP contribution in [-0.4, -0.2) is 16.1 Å². The minimum Gasteiger partial charge on any atom is -0.450 e. The molecule has 5 aromatic rings. The molecule has 0 fully saturated rings. The number of hydrogen-bond donors (Lipinski definition) is 0. The van der Waals surface area contributed by atoms with Gasteiger partial charge in [-0.3, -0.25) is 14.5 Å². The summed E-state index contributed by atoms with van der Waals surface area (Å²) in [6.07, 6.45) is 0. The zero-order valence-corrected chi connectivity index (χ0v) is 21.2. The lowest BCUT2D eigenvalue weighted by Gasteiger charge is -2.22. The summed E-state index contributed by atoms with van der Waals surface area (Å²) in [5.74, 6) is 0.425. The van der Waals surface area contributed by atoms with Gasteiger partial charge in [-0.2, -0.15) is 0 Å². The number of hydrogen-bond acceptors (Lipinski definition) is 7. The lowest BCUT2D eigenvalue weighted by molar-refractivity contribution is 0.0970. The van der Waals surface area contributed by atoms with E-state index in [1.807, 2.05) is 31.2 Å². The Morgan fingerprint density at radius 1 is 0.917 bits per heavy atom. The Balaban J connectivity index is 1.41. The maximum Gasteiger partial charge on any atom is 0.297 e. The zero-order valence-electron chi connectivity index (χ0n) is 19.6. The van der Waals surface area contributed by atoms with Crippen molar-refractivity contribution >= 4 is 45.1 Å². The first-order valence-corrected chi connectivity index (χ1v) is 13.3. The first-order valence-electron chi connectivity index (χ1n) is 11.5. The lowest BCUT2D eigenvalue weighted by atomic mass is 9.98. The van der Waals surface area contributed by atoms with E-state index in [1.54, 1.807) is 40.9 Å². The van der Waals surface area contributed by atoms with Crippen LogP contribution in [0.5, 0.6) is 0 Å². The molecular formula is C28H21N3O3S2. The van der Waals surface area contributed by atoms with Gasteiger partial charge in [0.15, 0.2) is 9.77 Å². The second-order valence-corrected chi connectivity index (χ2v) is 11.0. The fraction of sp³-hybridized carbons (Fsp3) is 0.143. The second-order valence-electron chi connectivity index (χ2n) is 8.78. The first kappa shape index (κ1) is 22.7. The molecule has 8 heteroatoms. The fourth-order valence-electron chi connectivity index (χ4n) is 4.37. The SMILES string of the molecule is Cc1ccc(CSc2nnc(N3C(=O)c4oc5ccccc5c(=O)c4C3c3ccc(C)cc3)s2)cc1. The molecule has 1 aliphatic rings. The molecule has 0 N–H and O–H groups in total. The van der Waals surface area contributed by atoms with E-state index in [0.717, 1.165) is 21.2 Å². The van der Waals surface area contributed by atoms with E-state index in [2.05, 4.69) is 41.4 Å². The summed E-state index contributed by atoms with van der Waals surface area (Å²) in [6.45, 7) is 4.06. The van der Waals surface area contributed by atoms with Gasteiger partial charge in [-0.1, -0.05) is 94.9 Å². The highest BCUT2D eigenvalue weighted by Gasteiger charge is 2.45. The van der Waals surface area contributed by atoms with Crippen LogP contribution in [0.25, 0.3) is 11.0 Å². The summed E-state index contributed by atoms with van der Waals surface area (Å²) < 4.78 is 6.76. The number of aromatic nitrogens is 2. The molecule has 6 nitrogen and oxygen atoms in total. The zero-order chi connectivity index (χ0) is 24.8. The highest BCUT2D eigenvalue weighted by molar-refractivity contribution is 8.00. The molecule has 2 aromatic heterocycles. The van der Waals surface area contributed by atoms with Gasteiger partial charge in [-0.25, -0.2) is 0 Å². The van der Waals surface area contributed by atoms with Crippen LogP contribution in [0.4, 0.5) is 5.13 Å². The lowest BCUT2D eigenvalue weighted by Crippen LogP contribution is -2.29. The van der Waals surface area contributed by atoms with Crippen LogP contribution in [0, 0.1) is 13.8 Å². The number of carbonyl (C=O) groups is 1. The molecule has 1 unspecified atom stereocenters. The summed E-state index contributed by atoms with van der Waals surface area (Å²) in [5, 5.41) is 9.59. The fourth-order valence-corrected chi connectivity index (χ4v) is 6.19. The van der Waals surface area contributed by atoms with Crippen LogP contribution in [0.15, 0.2) is 86.3 Å². The smallest absolute Gasteiger partial charge is 0.297 e. The Labute approximate surface area is 215 Å². The number of carbonyl (C=O) groups excluding carboxylic acids is 1. The van der Waals surface area contributed by atoms with Crippen LogP contribution >= 0.6 is 23.1 Å². The third-order valence-electron chi connectivity index (χ3n) is 6.26. The van der Waals surface area contributed by atoms with Crippen molar-refractivity contribution in [2.45, 2.75) is 30.0 Å². The third-order valence-corrected chi connectivity index (χ3v) is 8.38. The van der Waals surface area contributed by atoms with Crippen LogP contribution in [0.3, 0.4) is 0 Å². The van der Waals surface area contributed by atoms with E-state index in [-0.39, 0.29) is 17.1 Å². The average molecular weight is 512 g/mol. The number of fused-ring (bicyclic) bond motifs is 2. The van der Waals surface area contributed by atoms with E-state index in [4.69, 9.17) is 4.42 Å². The number of para-hydroxylation sites is 1. The quantitative estimate of drug-likeness (QED) is 0.203. The molecule has 0 aliphatic carbocycles. The summed E-state index contributed by atoms with van der Waals surface area (Å²) in [5.41, 5.74) is 4.84. The van der Waals surface area contributed by atoms with Gasteiger partial charge in [0, 0.05) is 5.75 Å². The second kappa shape index (κ2) is 9.04. The molecular weight excluding hydrogens is 490 g/mol. The van der Waals surface area contributed by atoms with E-state index in [9.17, 15) is 9.59 Å². The van der Waals surface area contributed by atoms with E-state index < -0.39 is 6.04 Å². The van der Waals surface area contributed by atoms with Gasteiger partial charge in [0.1, 0.15) is 5.58 Å². The summed E-state index contributed by atoms with van der Waals surface area (Å²) in [4.78, 5) is 28.8. The normalized spacial score (nSPS) is 15.0. The Hall–Kier alpha value is -3.75. The number of thioether (sulfide) groups is 1. The standard InChI is InChI=1S/C28H21N3O3S2/c1-16-7-11-18(12-8-16)15-35-28-30-29-27(36-28)31-23(19-13-9-17(2)10-14-19)22-24(32)20-5-3-4-6-21(20)34-25(22)26(31)33/h3-14,23H,15H2,1-2H3. The van der Waals surface area contributed by atoms with Crippen molar-refractivity contribution in [1.82, 2.24) is 10.2 Å². The summed E-state index contributed by atoms with van der Waals surface area (Å²) >= 11 is 2.91. The monoisotopic (exact) mass is 511 g/mol. The molecule has 1 atom stereocenters. The van der Waals surface area contributed by atoms with Gasteiger partial charge < -0.3 is 4.42 Å². The number of benzene rings is 3. The van der Waals surface area contributed by atoms with Crippen LogP contribution < -0.4 is 10.3 Å². The van der Waals surface area contributed by atoms with Crippen molar-refractivity contribution in [3.05, 3.63) is 117 Å². The van der Waals surface area contributed by atoms with Gasteiger partial charge in [0.05, 0.1) is 17.0 Å². The van der Waals surface area contributed by atoms with E-state index >= 15 is 0 Å². The molecule has 1 aliphatic heterocycles. The van der Waals surface area contributed by atoms with Crippen molar-refractivity contribution < 1.29 is 9.21 Å². The van der Waals surface area contributed by atoms with Crippen LogP contribution in [0.1, 0.15) is 44.4 Å². The number of amides is 1. The maximum atomic E-state index is 13.7. The molecule has 0 bridgehead atoms. The van der Waals surface area contributed by atoms with Gasteiger partial charge in [0.2, 0.25) is 10.9 Å². The molecule has 3 aromatic carbocycles. The largest absolute Gasteiger partial charge is 0.450 e. The Bertz CT molecular complexity index is 1660. The molecule has 1 amide bonds. The van der Waals surface area contributed by atoms with Gasteiger partial charge in [-0.15, -0.1) is 10.2 Å². The predicted molar refractivity (Wildman–Crippen MR) is 143 cm³/mol. The number of nitrogens with zero attached hydrogens (tertiary/aromatic N) is 3. The number of aryl methyl sites for hydroxylation is 2. The molecule has 178 valence electrons. The molecule has 3 heterocycles. The van der Waals surface area contributed by atoms with Gasteiger partial charge in [0.25, 0.3) is 5.91 Å². The molecule has 0 spiro atoms. The van der Waals surface area contributed by atoms with Crippen molar-refractivity contribution in [3.8, 4) is 0 Å². The highest BCUT2D eigenvalue weighted by Crippen LogP contribution is 2.43. The Kier molecular flexibility index (Phi) is 5.70. The van der Waals surface area contributed by atoms with Crippen molar-refractivity contribution in [2.24, 2.45) is 0 Å².